The van der Waals surface area contributed by atoms with Gasteiger partial charge in [0.1, 0.15) is 0 Å². The highest BCUT2D eigenvalue weighted by molar-refractivity contribution is 7.89. The summed E-state index contributed by atoms with van der Waals surface area (Å²) in [4.78, 5) is 0. The lowest BCUT2D eigenvalue weighted by molar-refractivity contribution is 1.64. The van der Waals surface area contributed by atoms with E-state index in [0.717, 1.165) is 6.16 Å². The van der Waals surface area contributed by atoms with Crippen LogP contribution in [0.1, 0.15) is 6.92 Å². The van der Waals surface area contributed by atoms with E-state index in [-0.39, 0.29) is 0 Å². The van der Waals surface area contributed by atoms with E-state index in [4.69, 9.17) is 0 Å². The van der Waals surface area contributed by atoms with Gasteiger partial charge in [-0.05, 0) is 37.3 Å². The van der Waals surface area contributed by atoms with E-state index in [0.29, 0.717) is 0 Å². The van der Waals surface area contributed by atoms with Crippen molar-refractivity contribution < 1.29 is 0 Å². The minimum atomic E-state index is -1.33. The van der Waals surface area contributed by atoms with Gasteiger partial charge < -0.3 is 0 Å². The van der Waals surface area contributed by atoms with Crippen LogP contribution in [0.25, 0.3) is 0 Å². The van der Waals surface area contributed by atoms with Crippen LogP contribution in [0.3, 0.4) is 0 Å². The van der Waals surface area contributed by atoms with Crippen molar-refractivity contribution in [2.24, 2.45) is 0 Å². The summed E-state index contributed by atoms with van der Waals surface area (Å²) in [6.45, 7) is 4.48. The van der Waals surface area contributed by atoms with Crippen molar-refractivity contribution in [1.29, 1.82) is 0 Å². The molecule has 0 unspecified atom stereocenters. The highest BCUT2D eigenvalue weighted by Gasteiger charge is 2.35. The molecule has 2 aromatic carbocycles. The van der Waals surface area contributed by atoms with E-state index >= 15 is 0 Å². The first-order chi connectivity index (χ1) is 9.77. The molecule has 2 aromatic rings. The van der Waals surface area contributed by atoms with Crippen LogP contribution in [0.15, 0.2) is 85.0 Å². The first-order valence-electron chi connectivity index (χ1n) is 7.02. The quantitative estimate of drug-likeness (QED) is 0.562. The van der Waals surface area contributed by atoms with Gasteiger partial charge in [-0.25, -0.2) is 0 Å². The lowest BCUT2D eigenvalue weighted by atomic mass is 10.4. The highest BCUT2D eigenvalue weighted by Crippen LogP contribution is 2.52. The topological polar surface area (TPSA) is 0 Å². The zero-order chi connectivity index (χ0) is 14.3. The molecule has 0 aliphatic rings. The summed E-state index contributed by atoms with van der Waals surface area (Å²) in [5.74, 6) is 0. The van der Waals surface area contributed by atoms with Gasteiger partial charge in [-0.1, -0.05) is 54.6 Å². The molecule has 0 spiro atoms. The first-order valence-corrected chi connectivity index (χ1v) is 9.44. The monoisotopic (exact) mass is 281 g/mol. The summed E-state index contributed by atoms with van der Waals surface area (Å²) in [5, 5.41) is 2.94. The third kappa shape index (κ3) is 3.46. The Bertz CT molecular complexity index is 528. The van der Waals surface area contributed by atoms with E-state index in [2.05, 4.69) is 91.6 Å². The molecule has 20 heavy (non-hydrogen) atoms. The molecule has 0 aliphatic heterocycles. The Kier molecular flexibility index (Phi) is 5.32. The van der Waals surface area contributed by atoms with Crippen molar-refractivity contribution >= 4 is 17.9 Å². The van der Waals surface area contributed by atoms with Gasteiger partial charge in [0.2, 0.25) is 0 Å². The Hall–Kier alpha value is -1.65. The maximum absolute atomic E-state index is 2.43. The number of benzene rings is 2. The average Bonchev–Trinajstić information content (AvgIpc) is 2.53. The summed E-state index contributed by atoms with van der Waals surface area (Å²) in [7, 11) is -1.33. The van der Waals surface area contributed by atoms with Crippen LogP contribution in [0.4, 0.5) is 0 Å². The molecule has 0 heterocycles. The predicted octanol–water partition coefficient (Wildman–Crippen LogP) is 4.42. The van der Waals surface area contributed by atoms with Crippen molar-refractivity contribution in [1.82, 2.24) is 0 Å². The van der Waals surface area contributed by atoms with Gasteiger partial charge in [-0.15, -0.1) is 0 Å². The Morgan fingerprint density at radius 1 is 0.800 bits per heavy atom. The van der Waals surface area contributed by atoms with Crippen LogP contribution in [0.5, 0.6) is 0 Å². The fourth-order valence-corrected chi connectivity index (χ4v) is 5.26. The van der Waals surface area contributed by atoms with E-state index in [1.54, 1.807) is 0 Å². The van der Waals surface area contributed by atoms with Crippen LogP contribution in [-0.4, -0.2) is 12.8 Å². The second-order valence-corrected chi connectivity index (χ2v) is 8.78. The second-order valence-electron chi connectivity index (χ2n) is 5.00. The molecular weight excluding hydrogens is 259 g/mol. The van der Waals surface area contributed by atoms with E-state index in [9.17, 15) is 0 Å². The molecule has 0 aliphatic carbocycles. The number of hydrogen-bond acceptors (Lipinski definition) is 0. The zero-order valence-electron chi connectivity index (χ0n) is 12.2. The Morgan fingerprint density at radius 2 is 1.30 bits per heavy atom. The van der Waals surface area contributed by atoms with Gasteiger partial charge in [-0.2, -0.15) is 0 Å². The number of hydrogen-bond donors (Lipinski definition) is 0. The van der Waals surface area contributed by atoms with Crippen molar-refractivity contribution in [2.75, 3.05) is 12.8 Å². The SMILES string of the molecule is C/C=C\C=C/C[P+](C)(c1ccccc1)c1ccccc1. The fraction of sp³-hybridized carbons (Fsp3) is 0.158. The summed E-state index contributed by atoms with van der Waals surface area (Å²) in [5.41, 5.74) is 0. The summed E-state index contributed by atoms with van der Waals surface area (Å²) < 4.78 is 0. The standard InChI is InChI=1S/C19H22P/c1-3-4-5-12-17-20(2,18-13-8-6-9-14-18)19-15-10-7-11-16-19/h3-16H,17H2,1-2H3/q+1/b4-3-,12-5-. The third-order valence-electron chi connectivity index (χ3n) is 3.56. The molecule has 102 valence electrons. The van der Waals surface area contributed by atoms with Crippen molar-refractivity contribution in [3.63, 3.8) is 0 Å². The maximum atomic E-state index is 2.43. The summed E-state index contributed by atoms with van der Waals surface area (Å²) in [6, 6.07) is 21.8. The third-order valence-corrected chi connectivity index (χ3v) is 7.38. The molecule has 0 N–H and O–H groups in total. The molecule has 0 saturated heterocycles. The lowest BCUT2D eigenvalue weighted by Gasteiger charge is -2.21. The van der Waals surface area contributed by atoms with Gasteiger partial charge in [0.05, 0.1) is 30.7 Å². The van der Waals surface area contributed by atoms with Crippen LogP contribution in [-0.2, 0) is 0 Å². The zero-order valence-corrected chi connectivity index (χ0v) is 13.1. The molecule has 0 radical (unpaired) electrons. The van der Waals surface area contributed by atoms with E-state index in [1.165, 1.54) is 10.6 Å². The minimum Gasteiger partial charge on any atom is -0.0877 e. The Morgan fingerprint density at radius 3 is 1.75 bits per heavy atom. The molecule has 0 saturated carbocycles. The van der Waals surface area contributed by atoms with Crippen molar-refractivity contribution in [3.05, 3.63) is 85.0 Å². The molecule has 0 aromatic heterocycles. The van der Waals surface area contributed by atoms with Crippen LogP contribution < -0.4 is 10.6 Å². The first kappa shape index (κ1) is 14.8. The molecule has 0 bridgehead atoms. The minimum absolute atomic E-state index is 1.10. The number of allylic oxidation sites excluding steroid dienone is 4. The highest BCUT2D eigenvalue weighted by atomic mass is 31.2. The van der Waals surface area contributed by atoms with Gasteiger partial charge in [-0.3, -0.25) is 0 Å². The van der Waals surface area contributed by atoms with Crippen LogP contribution in [0.2, 0.25) is 0 Å². The fourth-order valence-electron chi connectivity index (χ4n) is 2.34. The number of rotatable bonds is 5. The van der Waals surface area contributed by atoms with Crippen LogP contribution in [0, 0.1) is 0 Å². The smallest absolute Gasteiger partial charge is 0.0877 e. The molecule has 2 rings (SSSR count). The largest absolute Gasteiger partial charge is 0.0992 e. The average molecular weight is 281 g/mol. The Balaban J connectivity index is 2.38. The van der Waals surface area contributed by atoms with Gasteiger partial charge in [0, 0.05) is 0 Å². The van der Waals surface area contributed by atoms with Gasteiger partial charge >= 0.3 is 0 Å². The normalized spacial score (nSPS) is 12.3. The predicted molar refractivity (Wildman–Crippen MR) is 93.8 cm³/mol. The molecule has 0 nitrogen and oxygen atoms in total. The summed E-state index contributed by atoms with van der Waals surface area (Å²) in [6.07, 6.45) is 9.72. The van der Waals surface area contributed by atoms with Crippen LogP contribution >= 0.6 is 7.26 Å². The second kappa shape index (κ2) is 7.22. The summed E-state index contributed by atoms with van der Waals surface area (Å²) >= 11 is 0. The lowest BCUT2D eigenvalue weighted by Crippen LogP contribution is -2.23. The van der Waals surface area contributed by atoms with Crippen molar-refractivity contribution in [2.45, 2.75) is 6.92 Å². The molecule has 1 heteroatoms. The molecule has 0 fully saturated rings. The maximum Gasteiger partial charge on any atom is 0.0992 e. The van der Waals surface area contributed by atoms with E-state index < -0.39 is 7.26 Å². The molecule has 0 amide bonds. The van der Waals surface area contributed by atoms with Gasteiger partial charge in [0.25, 0.3) is 0 Å². The van der Waals surface area contributed by atoms with Crippen molar-refractivity contribution in [3.8, 4) is 0 Å². The molecular formula is C19H22P+. The van der Waals surface area contributed by atoms with E-state index in [1.807, 2.05) is 6.92 Å². The van der Waals surface area contributed by atoms with Gasteiger partial charge in [0.15, 0.2) is 0 Å². The Labute approximate surface area is 123 Å². The molecule has 0 atom stereocenters.